The molecule has 14 heteroatoms. The number of alkyl carbamates (subject to hydrolysis) is 1. The van der Waals surface area contributed by atoms with E-state index in [9.17, 15) is 27.9 Å². The molecular formula is C24H19N5O7S2. The zero-order chi connectivity index (χ0) is 27.0. The summed E-state index contributed by atoms with van der Waals surface area (Å²) < 4.78 is 36.4. The van der Waals surface area contributed by atoms with Crippen LogP contribution in [0.25, 0.3) is 10.9 Å². The number of amidine groups is 1. The summed E-state index contributed by atoms with van der Waals surface area (Å²) in [5.41, 5.74) is 5.31. The van der Waals surface area contributed by atoms with Gasteiger partial charge in [0.25, 0.3) is 15.6 Å². The number of carbonyl (C=O) groups excluding carboxylic acids is 2. The SMILES string of the molecule is NC(=O)NC(=O)OCc1csc2c1S(=O)(=O)N=C(c1c(O)c3ccccc3n(Cc3ccccc3)c1=O)N2. The lowest BCUT2D eigenvalue weighted by Gasteiger charge is -2.19. The highest BCUT2D eigenvalue weighted by Crippen LogP contribution is 2.38. The number of nitrogens with two attached hydrogens (primary N) is 1. The predicted molar refractivity (Wildman–Crippen MR) is 140 cm³/mol. The van der Waals surface area contributed by atoms with E-state index in [0.29, 0.717) is 10.9 Å². The van der Waals surface area contributed by atoms with Crippen molar-refractivity contribution in [2.75, 3.05) is 5.32 Å². The molecule has 5 rings (SSSR count). The molecule has 5 N–H and O–H groups in total. The Labute approximate surface area is 219 Å². The van der Waals surface area contributed by atoms with E-state index in [2.05, 4.69) is 9.71 Å². The number of aromatic nitrogens is 1. The highest BCUT2D eigenvalue weighted by molar-refractivity contribution is 7.90. The molecule has 3 heterocycles. The van der Waals surface area contributed by atoms with Crippen molar-refractivity contribution in [3.63, 3.8) is 0 Å². The number of hydrogen-bond donors (Lipinski definition) is 4. The summed E-state index contributed by atoms with van der Waals surface area (Å²) in [4.78, 5) is 35.8. The number of carbonyl (C=O) groups is 2. The number of imide groups is 1. The zero-order valence-corrected chi connectivity index (χ0v) is 21.0. The van der Waals surface area contributed by atoms with Crippen LogP contribution in [-0.2, 0) is 27.9 Å². The number of pyridine rings is 1. The van der Waals surface area contributed by atoms with Crippen LogP contribution in [0.1, 0.15) is 16.7 Å². The second-order valence-corrected chi connectivity index (χ2v) is 10.6. The van der Waals surface area contributed by atoms with Crippen LogP contribution in [0.15, 0.2) is 74.1 Å². The number of hydrogen-bond acceptors (Lipinski definition) is 9. The fourth-order valence-electron chi connectivity index (χ4n) is 4.06. The van der Waals surface area contributed by atoms with Crippen LogP contribution in [0.3, 0.4) is 0 Å². The van der Waals surface area contributed by atoms with Crippen LogP contribution in [-0.4, -0.2) is 36.1 Å². The molecule has 0 aliphatic carbocycles. The maximum absolute atomic E-state index is 13.7. The molecule has 194 valence electrons. The van der Waals surface area contributed by atoms with E-state index in [0.717, 1.165) is 16.9 Å². The van der Waals surface area contributed by atoms with E-state index in [1.807, 2.05) is 30.3 Å². The Morgan fingerprint density at radius 3 is 2.58 bits per heavy atom. The van der Waals surface area contributed by atoms with Gasteiger partial charge in [-0.3, -0.25) is 4.79 Å². The van der Waals surface area contributed by atoms with Crippen molar-refractivity contribution in [1.29, 1.82) is 0 Å². The van der Waals surface area contributed by atoms with Crippen LogP contribution in [0, 0.1) is 0 Å². The third kappa shape index (κ3) is 4.57. The number of thiophene rings is 1. The van der Waals surface area contributed by atoms with Crippen LogP contribution < -0.4 is 21.9 Å². The lowest BCUT2D eigenvalue weighted by atomic mass is 10.1. The van der Waals surface area contributed by atoms with E-state index < -0.39 is 40.1 Å². The number of nitrogens with one attached hydrogen (secondary N) is 2. The van der Waals surface area contributed by atoms with E-state index in [-0.39, 0.29) is 33.4 Å². The van der Waals surface area contributed by atoms with E-state index in [1.165, 1.54) is 9.95 Å². The summed E-state index contributed by atoms with van der Waals surface area (Å²) in [5.74, 6) is -0.753. The minimum absolute atomic E-state index is 0.101. The Morgan fingerprint density at radius 2 is 1.84 bits per heavy atom. The van der Waals surface area contributed by atoms with Crippen molar-refractivity contribution in [2.45, 2.75) is 18.0 Å². The van der Waals surface area contributed by atoms with Gasteiger partial charge in [0, 0.05) is 16.3 Å². The van der Waals surface area contributed by atoms with Crippen LogP contribution in [0.2, 0.25) is 0 Å². The fourth-order valence-corrected chi connectivity index (χ4v) is 6.64. The van der Waals surface area contributed by atoms with Crippen LogP contribution in [0.5, 0.6) is 5.75 Å². The number of amides is 3. The fraction of sp³-hybridized carbons (Fsp3) is 0.0833. The monoisotopic (exact) mass is 553 g/mol. The van der Waals surface area contributed by atoms with E-state index >= 15 is 0 Å². The van der Waals surface area contributed by atoms with E-state index in [1.54, 1.807) is 29.6 Å². The largest absolute Gasteiger partial charge is 0.506 e. The maximum Gasteiger partial charge on any atom is 0.415 e. The first kappa shape index (κ1) is 25.0. The molecule has 1 aliphatic rings. The second kappa shape index (κ2) is 9.64. The molecule has 1 aliphatic heterocycles. The van der Waals surface area contributed by atoms with Gasteiger partial charge in [-0.05, 0) is 17.7 Å². The molecule has 0 radical (unpaired) electrons. The van der Waals surface area contributed by atoms with Crippen molar-refractivity contribution < 1.29 is 27.9 Å². The number of ether oxygens (including phenoxy) is 1. The molecule has 0 saturated heterocycles. The first-order chi connectivity index (χ1) is 18.2. The Hall–Kier alpha value is -4.69. The lowest BCUT2D eigenvalue weighted by molar-refractivity contribution is 0.141. The molecule has 2 aromatic carbocycles. The number of rotatable bonds is 5. The Balaban J connectivity index is 1.58. The highest BCUT2D eigenvalue weighted by atomic mass is 32.2. The molecular weight excluding hydrogens is 534 g/mol. The Bertz CT molecular complexity index is 1790. The average molecular weight is 554 g/mol. The molecule has 0 fully saturated rings. The van der Waals surface area contributed by atoms with Crippen molar-refractivity contribution in [2.24, 2.45) is 10.1 Å². The molecule has 4 aromatic rings. The van der Waals surface area contributed by atoms with Gasteiger partial charge in [-0.25, -0.2) is 14.9 Å². The number of fused-ring (bicyclic) bond motifs is 2. The van der Waals surface area contributed by atoms with Crippen molar-refractivity contribution in [3.8, 4) is 5.75 Å². The number of urea groups is 1. The molecule has 0 atom stereocenters. The van der Waals surface area contributed by atoms with Gasteiger partial charge >= 0.3 is 12.1 Å². The van der Waals surface area contributed by atoms with Gasteiger partial charge in [-0.15, -0.1) is 15.7 Å². The molecule has 0 saturated carbocycles. The van der Waals surface area contributed by atoms with Gasteiger partial charge in [-0.1, -0.05) is 42.5 Å². The number of primary amides is 1. The number of nitrogens with zero attached hydrogens (tertiary/aromatic N) is 2. The van der Waals surface area contributed by atoms with Crippen LogP contribution in [0.4, 0.5) is 14.6 Å². The predicted octanol–water partition coefficient (Wildman–Crippen LogP) is 2.68. The maximum atomic E-state index is 13.7. The van der Waals surface area contributed by atoms with Gasteiger partial charge in [0.15, 0.2) is 5.84 Å². The van der Waals surface area contributed by atoms with Gasteiger partial charge in [-0.2, -0.15) is 8.42 Å². The van der Waals surface area contributed by atoms with Gasteiger partial charge in [0.1, 0.15) is 27.8 Å². The summed E-state index contributed by atoms with van der Waals surface area (Å²) in [6, 6.07) is 14.8. The normalized spacial score (nSPS) is 13.7. The third-order valence-corrected chi connectivity index (χ3v) is 8.15. The van der Waals surface area contributed by atoms with Crippen molar-refractivity contribution in [3.05, 3.63) is 87.0 Å². The minimum atomic E-state index is -4.38. The molecule has 0 bridgehead atoms. The summed E-state index contributed by atoms with van der Waals surface area (Å²) in [6.45, 7) is -0.311. The zero-order valence-electron chi connectivity index (χ0n) is 19.4. The van der Waals surface area contributed by atoms with Gasteiger partial charge in [0.05, 0.1) is 12.1 Å². The second-order valence-electron chi connectivity index (χ2n) is 8.14. The quantitative estimate of drug-likeness (QED) is 0.291. The summed E-state index contributed by atoms with van der Waals surface area (Å²) >= 11 is 0.976. The number of aromatic hydroxyl groups is 1. The molecule has 3 amide bonds. The summed E-state index contributed by atoms with van der Waals surface area (Å²) in [5, 5.41) is 17.5. The van der Waals surface area contributed by atoms with Crippen LogP contribution >= 0.6 is 11.3 Å². The number of anilines is 1. The van der Waals surface area contributed by atoms with Gasteiger partial charge in [0.2, 0.25) is 0 Å². The molecule has 0 spiro atoms. The van der Waals surface area contributed by atoms with Gasteiger partial charge < -0.3 is 25.5 Å². The Morgan fingerprint density at radius 1 is 1.13 bits per heavy atom. The standard InChI is InChI=1S/C24H19N5O7S2/c25-23(32)27-24(33)36-11-14-12-37-21-19(14)38(34,35)28-20(26-21)17-18(30)15-8-4-5-9-16(15)29(22(17)31)10-13-6-2-1-3-7-13/h1-9,12,30H,10-11H2,(H,26,28)(H3,25,27,32,33). The topological polar surface area (TPSA) is 182 Å². The smallest absolute Gasteiger partial charge is 0.415 e. The molecule has 12 nitrogen and oxygen atoms in total. The number of benzene rings is 2. The molecule has 38 heavy (non-hydrogen) atoms. The first-order valence-corrected chi connectivity index (χ1v) is 13.3. The van der Waals surface area contributed by atoms with Crippen molar-refractivity contribution >= 4 is 55.2 Å². The first-order valence-electron chi connectivity index (χ1n) is 11.0. The van der Waals surface area contributed by atoms with E-state index in [4.69, 9.17) is 10.5 Å². The Kier molecular flexibility index (Phi) is 6.34. The number of para-hydroxylation sites is 1. The molecule has 2 aromatic heterocycles. The molecule has 0 unspecified atom stereocenters. The summed E-state index contributed by atoms with van der Waals surface area (Å²) in [6.07, 6.45) is -1.15. The average Bonchev–Trinajstić information content (AvgIpc) is 3.29. The summed E-state index contributed by atoms with van der Waals surface area (Å²) in [7, 11) is -4.38. The lowest BCUT2D eigenvalue weighted by Crippen LogP contribution is -2.35. The van der Waals surface area contributed by atoms with Crippen molar-refractivity contribution in [1.82, 2.24) is 9.88 Å². The minimum Gasteiger partial charge on any atom is -0.506 e. The highest BCUT2D eigenvalue weighted by Gasteiger charge is 2.33. The number of sulfonamides is 1. The third-order valence-electron chi connectivity index (χ3n) is 5.67.